The van der Waals surface area contributed by atoms with Gasteiger partial charge in [-0.05, 0) is 36.0 Å². The van der Waals surface area contributed by atoms with E-state index < -0.39 is 0 Å². The van der Waals surface area contributed by atoms with E-state index in [1.54, 1.807) is 0 Å². The Bertz CT molecular complexity index is 381. The smallest absolute Gasteiger partial charge is 0.0185 e. The first-order chi connectivity index (χ1) is 7.69. The molecule has 0 aromatic heterocycles. The molecule has 0 spiro atoms. The molecule has 1 rings (SSSR count). The molecule has 0 saturated carbocycles. The molecule has 0 aliphatic carbocycles. The third kappa shape index (κ3) is 3.37. The molecule has 0 unspecified atom stereocenters. The monoisotopic (exact) mass is 214 g/mol. The zero-order valence-electron chi connectivity index (χ0n) is 10.8. The van der Waals surface area contributed by atoms with Crippen LogP contribution >= 0.6 is 0 Å². The number of hydrogen-bond acceptors (Lipinski definition) is 0. The minimum atomic E-state index is 0.591. The van der Waals surface area contributed by atoms with E-state index in [9.17, 15) is 0 Å². The second-order valence-electron chi connectivity index (χ2n) is 4.33. The molecule has 0 heteroatoms. The number of rotatable bonds is 4. The molecule has 86 valence electrons. The van der Waals surface area contributed by atoms with Crippen LogP contribution in [0.15, 0.2) is 42.5 Å². The van der Waals surface area contributed by atoms with Gasteiger partial charge in [0.1, 0.15) is 0 Å². The van der Waals surface area contributed by atoms with E-state index in [0.29, 0.717) is 5.92 Å². The highest BCUT2D eigenvalue weighted by Crippen LogP contribution is 2.21. The van der Waals surface area contributed by atoms with Crippen LogP contribution in [-0.2, 0) is 0 Å². The fourth-order valence-corrected chi connectivity index (χ4v) is 1.68. The summed E-state index contributed by atoms with van der Waals surface area (Å²) in [6, 6.07) is 8.82. The molecular weight excluding hydrogens is 192 g/mol. The molecule has 0 N–H and O–H groups in total. The second kappa shape index (κ2) is 6.32. The fourth-order valence-electron chi connectivity index (χ4n) is 1.68. The highest BCUT2D eigenvalue weighted by atomic mass is 14.1. The average molecular weight is 214 g/mol. The third-order valence-corrected chi connectivity index (χ3v) is 2.73. The van der Waals surface area contributed by atoms with Gasteiger partial charge in [-0.25, -0.2) is 0 Å². The molecule has 1 aromatic rings. The molecule has 1 aromatic carbocycles. The molecule has 0 nitrogen and oxygen atoms in total. The van der Waals surface area contributed by atoms with Crippen LogP contribution in [0.1, 0.15) is 51.2 Å². The van der Waals surface area contributed by atoms with Crippen molar-refractivity contribution in [1.82, 2.24) is 0 Å². The van der Waals surface area contributed by atoms with Crippen molar-refractivity contribution in [3.8, 4) is 0 Å². The third-order valence-electron chi connectivity index (χ3n) is 2.73. The number of hydrogen-bond donors (Lipinski definition) is 0. The van der Waals surface area contributed by atoms with Gasteiger partial charge in [-0.15, -0.1) is 0 Å². The molecule has 0 bridgehead atoms. The quantitative estimate of drug-likeness (QED) is 0.606. The molecule has 0 atom stereocenters. The van der Waals surface area contributed by atoms with Crippen molar-refractivity contribution in [1.29, 1.82) is 0 Å². The maximum atomic E-state index is 2.29. The molecule has 0 aliphatic heterocycles. The van der Waals surface area contributed by atoms with Gasteiger partial charge in [0.15, 0.2) is 0 Å². The van der Waals surface area contributed by atoms with Gasteiger partial charge in [0.05, 0.1) is 0 Å². The van der Waals surface area contributed by atoms with Crippen molar-refractivity contribution < 1.29 is 0 Å². The normalized spacial score (nSPS) is 12.7. The van der Waals surface area contributed by atoms with Crippen LogP contribution in [-0.4, -0.2) is 0 Å². The van der Waals surface area contributed by atoms with Crippen LogP contribution in [0.2, 0.25) is 0 Å². The zero-order valence-corrected chi connectivity index (χ0v) is 10.8. The Morgan fingerprint density at radius 1 is 1.31 bits per heavy atom. The first-order valence-electron chi connectivity index (χ1n) is 6.12. The van der Waals surface area contributed by atoms with Crippen molar-refractivity contribution in [2.24, 2.45) is 0 Å². The lowest BCUT2D eigenvalue weighted by molar-refractivity contribution is 0.866. The largest absolute Gasteiger partial charge is 0.0842 e. The Labute approximate surface area is 99.7 Å². The van der Waals surface area contributed by atoms with Gasteiger partial charge < -0.3 is 0 Å². The van der Waals surface area contributed by atoms with Crippen LogP contribution in [0, 0.1) is 0 Å². The number of allylic oxidation sites excluding steroid dienone is 4. The zero-order chi connectivity index (χ0) is 12.0. The first kappa shape index (κ1) is 12.8. The fraction of sp³-hybridized carbons (Fsp3) is 0.375. The van der Waals surface area contributed by atoms with Gasteiger partial charge >= 0.3 is 0 Å². The molecule has 0 amide bonds. The van der Waals surface area contributed by atoms with E-state index in [1.807, 2.05) is 0 Å². The minimum absolute atomic E-state index is 0.591. The summed E-state index contributed by atoms with van der Waals surface area (Å²) in [5.74, 6) is 0.591. The van der Waals surface area contributed by atoms with E-state index in [0.717, 1.165) is 6.42 Å². The lowest BCUT2D eigenvalue weighted by Gasteiger charge is -2.08. The van der Waals surface area contributed by atoms with E-state index in [-0.39, 0.29) is 0 Å². The summed E-state index contributed by atoms with van der Waals surface area (Å²) in [6.07, 6.45) is 7.67. The van der Waals surface area contributed by atoms with Crippen LogP contribution in [0.3, 0.4) is 0 Å². The predicted octanol–water partition coefficient (Wildman–Crippen LogP) is 5.18. The van der Waals surface area contributed by atoms with Gasteiger partial charge in [-0.2, -0.15) is 0 Å². The Kier molecular flexibility index (Phi) is 5.04. The van der Waals surface area contributed by atoms with Gasteiger partial charge in [0, 0.05) is 0 Å². The van der Waals surface area contributed by atoms with Crippen molar-refractivity contribution in [3.63, 3.8) is 0 Å². The maximum Gasteiger partial charge on any atom is -0.0185 e. The summed E-state index contributed by atoms with van der Waals surface area (Å²) >= 11 is 0. The molecule has 0 heterocycles. The lowest BCUT2D eigenvalue weighted by Crippen LogP contribution is -1.89. The van der Waals surface area contributed by atoms with E-state index in [1.165, 1.54) is 16.7 Å². The molecule has 0 saturated heterocycles. The molecule has 0 fully saturated rings. The Morgan fingerprint density at radius 3 is 2.62 bits per heavy atom. The average Bonchev–Trinajstić information content (AvgIpc) is 2.30. The Balaban J connectivity index is 3.02. The summed E-state index contributed by atoms with van der Waals surface area (Å²) in [7, 11) is 0. The summed E-state index contributed by atoms with van der Waals surface area (Å²) in [4.78, 5) is 0. The van der Waals surface area contributed by atoms with Gasteiger partial charge in [-0.3, -0.25) is 0 Å². The SMILES string of the molecule is C/C=C(\C=C/CC)c1cccc(C(C)C)c1. The van der Waals surface area contributed by atoms with Crippen LogP contribution in [0.5, 0.6) is 0 Å². The van der Waals surface area contributed by atoms with Gasteiger partial charge in [-0.1, -0.05) is 63.3 Å². The molecule has 0 radical (unpaired) electrons. The standard InChI is InChI=1S/C16H22/c1-5-7-9-14(6-2)16-11-8-10-15(12-16)13(3)4/h6-13H,5H2,1-4H3/b9-7-,14-6+. The molecule has 16 heavy (non-hydrogen) atoms. The van der Waals surface area contributed by atoms with Gasteiger partial charge in [0.2, 0.25) is 0 Å². The maximum absolute atomic E-state index is 2.29. The minimum Gasteiger partial charge on any atom is -0.0842 e. The molecular formula is C16H22. The van der Waals surface area contributed by atoms with Crippen molar-refractivity contribution in [3.05, 3.63) is 53.6 Å². The van der Waals surface area contributed by atoms with Crippen molar-refractivity contribution in [2.75, 3.05) is 0 Å². The van der Waals surface area contributed by atoms with Crippen molar-refractivity contribution >= 4 is 5.57 Å². The topological polar surface area (TPSA) is 0 Å². The van der Waals surface area contributed by atoms with Crippen LogP contribution in [0.25, 0.3) is 5.57 Å². The predicted molar refractivity (Wildman–Crippen MR) is 73.6 cm³/mol. The Morgan fingerprint density at radius 2 is 2.06 bits per heavy atom. The summed E-state index contributed by atoms with van der Waals surface area (Å²) in [5.41, 5.74) is 4.03. The van der Waals surface area contributed by atoms with Crippen LogP contribution in [0.4, 0.5) is 0 Å². The highest BCUT2D eigenvalue weighted by molar-refractivity contribution is 5.74. The van der Waals surface area contributed by atoms with Crippen molar-refractivity contribution in [2.45, 2.75) is 40.0 Å². The van der Waals surface area contributed by atoms with Gasteiger partial charge in [0.25, 0.3) is 0 Å². The van der Waals surface area contributed by atoms with E-state index in [2.05, 4.69) is 70.2 Å². The Hall–Kier alpha value is -1.30. The van der Waals surface area contributed by atoms with E-state index in [4.69, 9.17) is 0 Å². The summed E-state index contributed by atoms with van der Waals surface area (Å²) in [5, 5.41) is 0. The van der Waals surface area contributed by atoms with E-state index >= 15 is 0 Å². The first-order valence-corrected chi connectivity index (χ1v) is 6.12. The highest BCUT2D eigenvalue weighted by Gasteiger charge is 2.01. The van der Waals surface area contributed by atoms with Crippen LogP contribution < -0.4 is 0 Å². The second-order valence-corrected chi connectivity index (χ2v) is 4.33. The number of benzene rings is 1. The summed E-state index contributed by atoms with van der Waals surface area (Å²) < 4.78 is 0. The lowest BCUT2D eigenvalue weighted by atomic mass is 9.97. The summed E-state index contributed by atoms with van der Waals surface area (Å²) in [6.45, 7) is 8.72. The molecule has 0 aliphatic rings.